The Labute approximate surface area is 133 Å². The summed E-state index contributed by atoms with van der Waals surface area (Å²) < 4.78 is 11.0. The first kappa shape index (κ1) is 17.5. The number of carbonyl (C=O) groups excluding carboxylic acids is 2. The monoisotopic (exact) mass is 357 g/mol. The molecule has 21 heavy (non-hydrogen) atoms. The standard InChI is InChI=1S/C15H20BrNO4/c1-3-5-11(2)17-14(18)9-21-15(19)10-20-13-7-4-6-12(16)8-13/h4,6-8,11H,3,5,9-10H2,1-2H3,(H,17,18)/t11-/m0/s1. The number of hydrogen-bond donors (Lipinski definition) is 1. The van der Waals surface area contributed by atoms with E-state index < -0.39 is 5.97 Å². The van der Waals surface area contributed by atoms with Crippen molar-refractivity contribution in [2.24, 2.45) is 0 Å². The summed E-state index contributed by atoms with van der Waals surface area (Å²) in [4.78, 5) is 23.0. The summed E-state index contributed by atoms with van der Waals surface area (Å²) in [5.41, 5.74) is 0. The molecule has 1 amide bonds. The molecule has 1 rings (SSSR count). The Bertz CT molecular complexity index is 478. The van der Waals surface area contributed by atoms with Crippen LogP contribution >= 0.6 is 15.9 Å². The van der Waals surface area contributed by atoms with Gasteiger partial charge in [0.1, 0.15) is 5.75 Å². The first-order valence-corrected chi connectivity index (χ1v) is 7.64. The molecule has 5 nitrogen and oxygen atoms in total. The van der Waals surface area contributed by atoms with Gasteiger partial charge < -0.3 is 14.8 Å². The summed E-state index contributed by atoms with van der Waals surface area (Å²) in [6.07, 6.45) is 1.88. The van der Waals surface area contributed by atoms with Crippen molar-refractivity contribution in [3.63, 3.8) is 0 Å². The third-order valence-corrected chi connectivity index (χ3v) is 3.14. The van der Waals surface area contributed by atoms with Crippen LogP contribution in [0.4, 0.5) is 0 Å². The number of halogens is 1. The quantitative estimate of drug-likeness (QED) is 0.726. The molecule has 0 bridgehead atoms. The lowest BCUT2D eigenvalue weighted by molar-refractivity contribution is -0.150. The molecule has 1 atom stereocenters. The van der Waals surface area contributed by atoms with Gasteiger partial charge in [-0.2, -0.15) is 0 Å². The Kier molecular flexibility index (Phi) is 7.82. The molecule has 0 unspecified atom stereocenters. The summed E-state index contributed by atoms with van der Waals surface area (Å²) in [5, 5.41) is 2.75. The third-order valence-electron chi connectivity index (χ3n) is 2.65. The zero-order valence-electron chi connectivity index (χ0n) is 12.2. The van der Waals surface area contributed by atoms with Gasteiger partial charge in [-0.3, -0.25) is 4.79 Å². The normalized spacial score (nSPS) is 11.6. The van der Waals surface area contributed by atoms with E-state index in [1.165, 1.54) is 0 Å². The van der Waals surface area contributed by atoms with Gasteiger partial charge in [0.2, 0.25) is 0 Å². The zero-order chi connectivity index (χ0) is 15.7. The SMILES string of the molecule is CCC[C@H](C)NC(=O)COC(=O)COc1cccc(Br)c1. The fraction of sp³-hybridized carbons (Fsp3) is 0.467. The Morgan fingerprint density at radius 2 is 2.10 bits per heavy atom. The van der Waals surface area contributed by atoms with Gasteiger partial charge in [-0.15, -0.1) is 0 Å². The summed E-state index contributed by atoms with van der Waals surface area (Å²) >= 11 is 3.31. The van der Waals surface area contributed by atoms with Gasteiger partial charge in [0, 0.05) is 10.5 Å². The van der Waals surface area contributed by atoms with Crippen LogP contribution < -0.4 is 10.1 Å². The molecule has 0 heterocycles. The van der Waals surface area contributed by atoms with Crippen LogP contribution in [-0.2, 0) is 14.3 Å². The molecule has 0 fully saturated rings. The van der Waals surface area contributed by atoms with Crippen LogP contribution in [0.25, 0.3) is 0 Å². The highest BCUT2D eigenvalue weighted by atomic mass is 79.9. The molecule has 1 N–H and O–H groups in total. The summed E-state index contributed by atoms with van der Waals surface area (Å²) in [7, 11) is 0. The van der Waals surface area contributed by atoms with E-state index in [2.05, 4.69) is 21.2 Å². The molecule has 0 aromatic heterocycles. The number of esters is 1. The van der Waals surface area contributed by atoms with E-state index in [1.54, 1.807) is 18.2 Å². The van der Waals surface area contributed by atoms with E-state index in [0.717, 1.165) is 17.3 Å². The van der Waals surface area contributed by atoms with E-state index >= 15 is 0 Å². The fourth-order valence-corrected chi connectivity index (χ4v) is 2.09. The van der Waals surface area contributed by atoms with Crippen molar-refractivity contribution in [2.45, 2.75) is 32.7 Å². The van der Waals surface area contributed by atoms with Crippen LogP contribution in [0.1, 0.15) is 26.7 Å². The van der Waals surface area contributed by atoms with Crippen LogP contribution in [0.5, 0.6) is 5.75 Å². The van der Waals surface area contributed by atoms with Crippen molar-refractivity contribution >= 4 is 27.8 Å². The number of hydrogen-bond acceptors (Lipinski definition) is 4. The number of rotatable bonds is 8. The van der Waals surface area contributed by atoms with E-state index in [-0.39, 0.29) is 25.2 Å². The number of ether oxygens (including phenoxy) is 2. The maximum Gasteiger partial charge on any atom is 0.344 e. The van der Waals surface area contributed by atoms with Gasteiger partial charge >= 0.3 is 5.97 Å². The minimum atomic E-state index is -0.576. The maximum atomic E-state index is 11.5. The number of carbonyl (C=O) groups is 2. The Hall–Kier alpha value is -1.56. The average molecular weight is 358 g/mol. The van der Waals surface area contributed by atoms with Crippen molar-refractivity contribution < 1.29 is 19.1 Å². The lowest BCUT2D eigenvalue weighted by Crippen LogP contribution is -2.36. The molecule has 6 heteroatoms. The second kappa shape index (κ2) is 9.39. The maximum absolute atomic E-state index is 11.5. The molecule has 0 saturated carbocycles. The molecular weight excluding hydrogens is 338 g/mol. The minimum Gasteiger partial charge on any atom is -0.482 e. The van der Waals surface area contributed by atoms with Crippen LogP contribution in [0.15, 0.2) is 28.7 Å². The van der Waals surface area contributed by atoms with Crippen LogP contribution in [0.3, 0.4) is 0 Å². The van der Waals surface area contributed by atoms with Crippen molar-refractivity contribution in [1.82, 2.24) is 5.32 Å². The summed E-state index contributed by atoms with van der Waals surface area (Å²) in [6.45, 7) is 3.45. The first-order valence-electron chi connectivity index (χ1n) is 6.84. The summed E-state index contributed by atoms with van der Waals surface area (Å²) in [6, 6.07) is 7.21. The van der Waals surface area contributed by atoms with Gasteiger partial charge in [-0.25, -0.2) is 4.79 Å². The van der Waals surface area contributed by atoms with Gasteiger partial charge in [0.05, 0.1) is 0 Å². The molecule has 0 aliphatic heterocycles. The predicted octanol–water partition coefficient (Wildman–Crippen LogP) is 2.68. The van der Waals surface area contributed by atoms with E-state index in [4.69, 9.17) is 9.47 Å². The second-order valence-corrected chi connectivity index (χ2v) is 5.58. The van der Waals surface area contributed by atoms with Crippen molar-refractivity contribution in [3.05, 3.63) is 28.7 Å². The van der Waals surface area contributed by atoms with Gasteiger partial charge in [0.25, 0.3) is 5.91 Å². The molecule has 1 aromatic carbocycles. The molecule has 116 valence electrons. The second-order valence-electron chi connectivity index (χ2n) is 4.66. The van der Waals surface area contributed by atoms with Crippen molar-refractivity contribution in [2.75, 3.05) is 13.2 Å². The summed E-state index contributed by atoms with van der Waals surface area (Å²) in [5.74, 6) is -0.317. The Morgan fingerprint density at radius 1 is 1.33 bits per heavy atom. The molecule has 0 saturated heterocycles. The fourth-order valence-electron chi connectivity index (χ4n) is 1.71. The van der Waals surface area contributed by atoms with Crippen molar-refractivity contribution in [1.29, 1.82) is 0 Å². The zero-order valence-corrected chi connectivity index (χ0v) is 13.8. The van der Waals surface area contributed by atoms with E-state index in [9.17, 15) is 9.59 Å². The highest BCUT2D eigenvalue weighted by Crippen LogP contribution is 2.17. The average Bonchev–Trinajstić information content (AvgIpc) is 2.43. The highest BCUT2D eigenvalue weighted by Gasteiger charge is 2.10. The first-order chi connectivity index (χ1) is 10.0. The smallest absolute Gasteiger partial charge is 0.344 e. The molecule has 0 radical (unpaired) electrons. The Balaban J connectivity index is 2.23. The van der Waals surface area contributed by atoms with Gasteiger partial charge in [-0.05, 0) is 31.5 Å². The third kappa shape index (κ3) is 7.70. The number of benzene rings is 1. The molecule has 0 aliphatic carbocycles. The minimum absolute atomic E-state index is 0.0825. The van der Waals surface area contributed by atoms with Gasteiger partial charge in [0.15, 0.2) is 13.2 Å². The van der Waals surface area contributed by atoms with Gasteiger partial charge in [-0.1, -0.05) is 35.3 Å². The van der Waals surface area contributed by atoms with Crippen LogP contribution in [-0.4, -0.2) is 31.1 Å². The highest BCUT2D eigenvalue weighted by molar-refractivity contribution is 9.10. The predicted molar refractivity (Wildman–Crippen MR) is 83.1 cm³/mol. The van der Waals surface area contributed by atoms with E-state index in [1.807, 2.05) is 19.9 Å². The van der Waals surface area contributed by atoms with E-state index in [0.29, 0.717) is 5.75 Å². The molecule has 0 aliphatic rings. The topological polar surface area (TPSA) is 64.6 Å². The van der Waals surface area contributed by atoms with Crippen LogP contribution in [0, 0.1) is 0 Å². The number of nitrogens with one attached hydrogen (secondary N) is 1. The number of amides is 1. The van der Waals surface area contributed by atoms with Crippen molar-refractivity contribution in [3.8, 4) is 5.75 Å². The lowest BCUT2D eigenvalue weighted by atomic mass is 10.2. The molecule has 1 aromatic rings. The molecule has 0 spiro atoms. The molecular formula is C15H20BrNO4. The van der Waals surface area contributed by atoms with Crippen LogP contribution in [0.2, 0.25) is 0 Å². The lowest BCUT2D eigenvalue weighted by Gasteiger charge is -2.12. The largest absolute Gasteiger partial charge is 0.482 e. The Morgan fingerprint density at radius 3 is 2.76 bits per heavy atom.